The lowest BCUT2D eigenvalue weighted by Gasteiger charge is -1.88. The van der Waals surface area contributed by atoms with Crippen molar-refractivity contribution >= 4 is 17.2 Å². The highest BCUT2D eigenvalue weighted by molar-refractivity contribution is 7.07. The van der Waals surface area contributed by atoms with Gasteiger partial charge < -0.3 is 10.1 Å². The Labute approximate surface area is 82.2 Å². The Kier molecular flexibility index (Phi) is 2.19. The third-order valence-electron chi connectivity index (χ3n) is 1.50. The smallest absolute Gasteiger partial charge is 0.358 e. The number of hydrogen-bond donors (Lipinski definition) is 0. The van der Waals surface area contributed by atoms with Gasteiger partial charge in [-0.1, -0.05) is 4.80 Å². The van der Waals surface area contributed by atoms with E-state index in [1.807, 2.05) is 5.38 Å². The van der Waals surface area contributed by atoms with Gasteiger partial charge in [0.1, 0.15) is 6.54 Å². The molecule has 0 aliphatic rings. The van der Waals surface area contributed by atoms with Gasteiger partial charge >= 0.3 is 5.82 Å². The van der Waals surface area contributed by atoms with Crippen LogP contribution in [0.5, 0.6) is 0 Å². The second-order valence-corrected chi connectivity index (χ2v) is 3.19. The van der Waals surface area contributed by atoms with E-state index in [0.29, 0.717) is 6.54 Å². The molecule has 0 amide bonds. The molecule has 0 bridgehead atoms. The molecule has 0 radical (unpaired) electrons. The number of nitrogens with zero attached hydrogens (tertiary/aromatic N) is 5. The van der Waals surface area contributed by atoms with Gasteiger partial charge in [0.25, 0.3) is 0 Å². The molecular weight excluding hydrogens is 206 g/mol. The zero-order valence-corrected chi connectivity index (χ0v) is 7.72. The number of hydrogen-bond acceptors (Lipinski definition) is 6. The highest BCUT2D eigenvalue weighted by Crippen LogP contribution is 2.05. The van der Waals surface area contributed by atoms with Crippen LogP contribution in [0.2, 0.25) is 0 Å². The topological polar surface area (TPSA) is 86.7 Å². The van der Waals surface area contributed by atoms with E-state index in [9.17, 15) is 10.1 Å². The van der Waals surface area contributed by atoms with Gasteiger partial charge in [0.15, 0.2) is 6.20 Å². The molecule has 72 valence electrons. The van der Waals surface area contributed by atoms with Crippen molar-refractivity contribution in [2.75, 3.05) is 0 Å². The van der Waals surface area contributed by atoms with E-state index < -0.39 is 4.92 Å². The van der Waals surface area contributed by atoms with Crippen molar-refractivity contribution in [3.63, 3.8) is 0 Å². The molecule has 0 unspecified atom stereocenters. The highest BCUT2D eigenvalue weighted by Gasteiger charge is 2.12. The van der Waals surface area contributed by atoms with Crippen molar-refractivity contribution in [3.05, 3.63) is 32.9 Å². The maximum absolute atomic E-state index is 10.3. The lowest BCUT2D eigenvalue weighted by Crippen LogP contribution is -2.04. The number of thiazole rings is 1. The molecule has 2 heterocycles. The molecule has 0 aliphatic heterocycles. The molecule has 0 saturated carbocycles. The van der Waals surface area contributed by atoms with Crippen LogP contribution in [0, 0.1) is 10.1 Å². The second kappa shape index (κ2) is 3.50. The molecule has 14 heavy (non-hydrogen) atoms. The van der Waals surface area contributed by atoms with E-state index in [1.165, 1.54) is 16.1 Å². The van der Waals surface area contributed by atoms with Gasteiger partial charge in [-0.2, -0.15) is 0 Å². The number of aromatic nitrogens is 4. The fourth-order valence-electron chi connectivity index (χ4n) is 0.909. The van der Waals surface area contributed by atoms with Crippen molar-refractivity contribution in [2.24, 2.45) is 0 Å². The average Bonchev–Trinajstić information content (AvgIpc) is 2.75. The lowest BCUT2D eigenvalue weighted by molar-refractivity contribution is -0.389. The molecule has 0 saturated heterocycles. The quantitative estimate of drug-likeness (QED) is 0.550. The molecule has 2 aromatic rings. The van der Waals surface area contributed by atoms with Crippen LogP contribution in [-0.2, 0) is 6.54 Å². The first-order chi connectivity index (χ1) is 6.75. The monoisotopic (exact) mass is 211 g/mol. The summed E-state index contributed by atoms with van der Waals surface area (Å²) in [4.78, 5) is 15.0. The Morgan fingerprint density at radius 2 is 2.50 bits per heavy atom. The molecule has 2 rings (SSSR count). The van der Waals surface area contributed by atoms with E-state index in [0.717, 1.165) is 11.9 Å². The largest absolute Gasteiger partial charge is 0.410 e. The minimum Gasteiger partial charge on any atom is -0.358 e. The molecule has 0 spiro atoms. The van der Waals surface area contributed by atoms with E-state index in [4.69, 9.17) is 0 Å². The summed E-state index contributed by atoms with van der Waals surface area (Å²) in [5.41, 5.74) is 2.48. The van der Waals surface area contributed by atoms with Gasteiger partial charge in [0.2, 0.25) is 0 Å². The minimum atomic E-state index is -0.579. The van der Waals surface area contributed by atoms with Gasteiger partial charge in [-0.15, -0.1) is 16.4 Å². The fraction of sp³-hybridized carbons (Fsp3) is 0.167. The summed E-state index contributed by atoms with van der Waals surface area (Å²) in [7, 11) is 0. The van der Waals surface area contributed by atoms with Crippen LogP contribution in [-0.4, -0.2) is 24.9 Å². The summed E-state index contributed by atoms with van der Waals surface area (Å²) in [5, 5.41) is 19.5. The minimum absolute atomic E-state index is 0.250. The van der Waals surface area contributed by atoms with Crippen LogP contribution in [0.25, 0.3) is 0 Å². The van der Waals surface area contributed by atoms with Crippen LogP contribution in [0.3, 0.4) is 0 Å². The first-order valence-electron chi connectivity index (χ1n) is 3.67. The normalized spacial score (nSPS) is 10.3. The van der Waals surface area contributed by atoms with E-state index in [1.54, 1.807) is 5.51 Å². The number of rotatable bonds is 3. The van der Waals surface area contributed by atoms with Crippen LogP contribution in [0.4, 0.5) is 5.82 Å². The van der Waals surface area contributed by atoms with Gasteiger partial charge in [-0.3, -0.25) is 0 Å². The predicted molar refractivity (Wildman–Crippen MR) is 47.9 cm³/mol. The summed E-state index contributed by atoms with van der Waals surface area (Å²) in [6, 6.07) is 0. The SMILES string of the molecule is O=[N+]([O-])c1cnn(Cc2cscn2)n1. The summed E-state index contributed by atoms with van der Waals surface area (Å²) >= 11 is 1.46. The third-order valence-corrected chi connectivity index (χ3v) is 2.13. The Morgan fingerprint density at radius 1 is 1.64 bits per heavy atom. The van der Waals surface area contributed by atoms with E-state index in [2.05, 4.69) is 15.2 Å². The van der Waals surface area contributed by atoms with Crippen molar-refractivity contribution in [1.82, 2.24) is 20.0 Å². The molecule has 0 aliphatic carbocycles. The molecule has 0 atom stereocenters. The second-order valence-electron chi connectivity index (χ2n) is 2.47. The van der Waals surface area contributed by atoms with Crippen LogP contribution in [0.15, 0.2) is 17.1 Å². The zero-order valence-electron chi connectivity index (χ0n) is 6.90. The predicted octanol–water partition coefficient (Wildman–Crippen LogP) is 0.691. The maximum atomic E-state index is 10.3. The standard InChI is InChI=1S/C6H5N5O2S/c12-11(13)6-1-8-10(9-6)2-5-3-14-4-7-5/h1,3-4H,2H2. The zero-order chi connectivity index (χ0) is 9.97. The van der Waals surface area contributed by atoms with Gasteiger partial charge in [0, 0.05) is 5.38 Å². The molecular formula is C6H5N5O2S. The Morgan fingerprint density at radius 3 is 3.07 bits per heavy atom. The molecule has 2 aromatic heterocycles. The van der Waals surface area contributed by atoms with Crippen LogP contribution in [0.1, 0.15) is 5.69 Å². The summed E-state index contributed by atoms with van der Waals surface area (Å²) in [6.07, 6.45) is 1.12. The first-order valence-corrected chi connectivity index (χ1v) is 4.61. The number of nitro groups is 1. The molecule has 0 N–H and O–H groups in total. The van der Waals surface area contributed by atoms with Crippen molar-refractivity contribution in [1.29, 1.82) is 0 Å². The van der Waals surface area contributed by atoms with Crippen molar-refractivity contribution in [2.45, 2.75) is 6.54 Å². The third kappa shape index (κ3) is 1.74. The van der Waals surface area contributed by atoms with Crippen molar-refractivity contribution in [3.8, 4) is 0 Å². The summed E-state index contributed by atoms with van der Waals surface area (Å²) in [6.45, 7) is 0.358. The fourth-order valence-corrected chi connectivity index (χ4v) is 1.46. The van der Waals surface area contributed by atoms with E-state index >= 15 is 0 Å². The van der Waals surface area contributed by atoms with Gasteiger partial charge in [0.05, 0.1) is 16.3 Å². The Hall–Kier alpha value is -1.83. The first kappa shape index (κ1) is 8.75. The Bertz CT molecular complexity index is 437. The highest BCUT2D eigenvalue weighted by atomic mass is 32.1. The van der Waals surface area contributed by atoms with Gasteiger partial charge in [-0.05, 0) is 4.92 Å². The molecule has 0 fully saturated rings. The van der Waals surface area contributed by atoms with Crippen LogP contribution >= 0.6 is 11.3 Å². The molecule has 7 nitrogen and oxygen atoms in total. The van der Waals surface area contributed by atoms with Crippen LogP contribution < -0.4 is 0 Å². The lowest BCUT2D eigenvalue weighted by atomic mass is 10.5. The van der Waals surface area contributed by atoms with Crippen molar-refractivity contribution < 1.29 is 4.92 Å². The Balaban J connectivity index is 2.14. The van der Waals surface area contributed by atoms with Gasteiger partial charge in [-0.25, -0.2) is 4.98 Å². The molecule has 0 aromatic carbocycles. The molecule has 8 heteroatoms. The summed E-state index contributed by atoms with van der Waals surface area (Å²) < 4.78 is 0. The maximum Gasteiger partial charge on any atom is 0.410 e. The summed E-state index contributed by atoms with van der Waals surface area (Å²) in [5.74, 6) is -0.250. The van der Waals surface area contributed by atoms with E-state index in [-0.39, 0.29) is 5.82 Å². The average molecular weight is 211 g/mol.